The second kappa shape index (κ2) is 12.1. The molecule has 0 amide bonds. The van der Waals surface area contributed by atoms with Gasteiger partial charge in [0, 0.05) is 42.2 Å². The van der Waals surface area contributed by atoms with Crippen LogP contribution in [0, 0.1) is 0 Å². The first-order valence-corrected chi connectivity index (χ1v) is 9.22. The van der Waals surface area contributed by atoms with Crippen molar-refractivity contribution in [1.29, 1.82) is 0 Å². The van der Waals surface area contributed by atoms with E-state index in [1.54, 1.807) is 23.7 Å². The number of guanidine groups is 1. The first-order valence-electron chi connectivity index (χ1n) is 8.40. The lowest BCUT2D eigenvalue weighted by molar-refractivity contribution is 0.585. The summed E-state index contributed by atoms with van der Waals surface area (Å²) in [6, 6.07) is 9.61. The van der Waals surface area contributed by atoms with Crippen LogP contribution in [0.2, 0.25) is 0 Å². The van der Waals surface area contributed by atoms with Gasteiger partial charge in [0.25, 0.3) is 0 Å². The van der Waals surface area contributed by atoms with Gasteiger partial charge >= 0.3 is 0 Å². The van der Waals surface area contributed by atoms with E-state index in [4.69, 9.17) is 0 Å². The highest BCUT2D eigenvalue weighted by Gasteiger charge is 2.01. The van der Waals surface area contributed by atoms with E-state index in [0.717, 1.165) is 44.9 Å². The molecular weight excluding hydrogens is 447 g/mol. The molecule has 0 aliphatic heterocycles. The molecule has 2 aromatic heterocycles. The maximum absolute atomic E-state index is 11.6. The Bertz CT molecular complexity index is 711. The first-order chi connectivity index (χ1) is 11.7. The number of rotatable bonds is 8. The number of aryl methyl sites for hydroxylation is 2. The van der Waals surface area contributed by atoms with Crippen molar-refractivity contribution in [2.24, 2.45) is 4.99 Å². The predicted octanol–water partition coefficient (Wildman–Crippen LogP) is 3.24. The molecule has 0 aliphatic carbocycles. The Kier molecular flexibility index (Phi) is 10.5. The van der Waals surface area contributed by atoms with Crippen LogP contribution >= 0.6 is 35.3 Å². The Morgan fingerprint density at radius 1 is 1.16 bits per heavy atom. The van der Waals surface area contributed by atoms with Crippen LogP contribution in [0.4, 0.5) is 0 Å². The minimum atomic E-state index is 0. The van der Waals surface area contributed by atoms with Crippen molar-refractivity contribution < 1.29 is 0 Å². The monoisotopic (exact) mass is 474 g/mol. The normalized spacial score (nSPS) is 11.0. The van der Waals surface area contributed by atoms with Gasteiger partial charge in [-0.15, -0.1) is 35.3 Å². The molecule has 2 heterocycles. The van der Waals surface area contributed by atoms with Crippen LogP contribution in [-0.2, 0) is 19.5 Å². The average molecular weight is 474 g/mol. The highest BCUT2D eigenvalue weighted by atomic mass is 127. The van der Waals surface area contributed by atoms with Gasteiger partial charge < -0.3 is 15.2 Å². The van der Waals surface area contributed by atoms with E-state index in [1.807, 2.05) is 23.6 Å². The molecule has 0 saturated heterocycles. The van der Waals surface area contributed by atoms with Crippen LogP contribution in [0.25, 0.3) is 0 Å². The molecule has 0 radical (unpaired) electrons. The number of unbranched alkanes of at least 4 members (excludes halogenated alkanes) is 1. The SMILES string of the molecule is CCc1ccc(CNC(=NC)NCCCCn2ccccc2=O)s1.I. The smallest absolute Gasteiger partial charge is 0.250 e. The third-order valence-corrected chi connectivity index (χ3v) is 4.97. The molecule has 0 saturated carbocycles. The van der Waals surface area contributed by atoms with Crippen molar-refractivity contribution in [3.8, 4) is 0 Å². The number of aliphatic imine (C=N–C) groups is 1. The molecule has 0 bridgehead atoms. The second-order valence-corrected chi connectivity index (χ2v) is 6.77. The summed E-state index contributed by atoms with van der Waals surface area (Å²) in [5, 5.41) is 6.65. The van der Waals surface area contributed by atoms with Crippen molar-refractivity contribution >= 4 is 41.3 Å². The number of nitrogens with one attached hydrogen (secondary N) is 2. The van der Waals surface area contributed by atoms with Gasteiger partial charge in [-0.2, -0.15) is 0 Å². The third kappa shape index (κ3) is 7.60. The molecule has 2 aromatic rings. The highest BCUT2D eigenvalue weighted by Crippen LogP contribution is 2.16. The van der Waals surface area contributed by atoms with Crippen LogP contribution in [0.15, 0.2) is 46.3 Å². The van der Waals surface area contributed by atoms with Crippen LogP contribution in [0.1, 0.15) is 29.5 Å². The van der Waals surface area contributed by atoms with Crippen LogP contribution in [-0.4, -0.2) is 24.1 Å². The molecule has 0 fully saturated rings. The molecule has 0 atom stereocenters. The molecule has 25 heavy (non-hydrogen) atoms. The van der Waals surface area contributed by atoms with Gasteiger partial charge in [-0.25, -0.2) is 0 Å². The molecule has 0 unspecified atom stereocenters. The van der Waals surface area contributed by atoms with E-state index in [0.29, 0.717) is 0 Å². The Hall–Kier alpha value is -1.35. The summed E-state index contributed by atoms with van der Waals surface area (Å²) in [6.45, 7) is 4.56. The van der Waals surface area contributed by atoms with E-state index >= 15 is 0 Å². The third-order valence-electron chi connectivity index (χ3n) is 3.74. The topological polar surface area (TPSA) is 58.4 Å². The lowest BCUT2D eigenvalue weighted by Gasteiger charge is -2.11. The Morgan fingerprint density at radius 3 is 2.64 bits per heavy atom. The zero-order valence-electron chi connectivity index (χ0n) is 14.8. The predicted molar refractivity (Wildman–Crippen MR) is 117 cm³/mol. The van der Waals surface area contributed by atoms with Crippen LogP contribution < -0.4 is 16.2 Å². The summed E-state index contributed by atoms with van der Waals surface area (Å²) in [7, 11) is 1.78. The maximum atomic E-state index is 11.6. The molecule has 0 spiro atoms. The highest BCUT2D eigenvalue weighted by molar-refractivity contribution is 14.0. The lowest BCUT2D eigenvalue weighted by Crippen LogP contribution is -2.37. The van der Waals surface area contributed by atoms with E-state index in [9.17, 15) is 4.79 Å². The van der Waals surface area contributed by atoms with Crippen molar-refractivity contribution in [3.05, 3.63) is 56.6 Å². The Labute approximate surface area is 170 Å². The van der Waals surface area contributed by atoms with E-state index < -0.39 is 0 Å². The zero-order valence-corrected chi connectivity index (χ0v) is 18.0. The summed E-state index contributed by atoms with van der Waals surface area (Å²) in [5.74, 6) is 0.818. The number of hydrogen-bond acceptors (Lipinski definition) is 3. The quantitative estimate of drug-likeness (QED) is 0.267. The van der Waals surface area contributed by atoms with Crippen LogP contribution in [0.3, 0.4) is 0 Å². The minimum Gasteiger partial charge on any atom is -0.356 e. The fourth-order valence-electron chi connectivity index (χ4n) is 2.36. The van der Waals surface area contributed by atoms with E-state index in [1.165, 1.54) is 9.75 Å². The van der Waals surface area contributed by atoms with Crippen LogP contribution in [0.5, 0.6) is 0 Å². The van der Waals surface area contributed by atoms with E-state index in [2.05, 4.69) is 34.7 Å². The molecule has 2 N–H and O–H groups in total. The van der Waals surface area contributed by atoms with Crippen molar-refractivity contribution in [3.63, 3.8) is 0 Å². The molecule has 2 rings (SSSR count). The van der Waals surface area contributed by atoms with Gasteiger partial charge in [-0.1, -0.05) is 13.0 Å². The Morgan fingerprint density at radius 2 is 1.96 bits per heavy atom. The molecule has 7 heteroatoms. The average Bonchev–Trinajstić information content (AvgIpc) is 3.07. The standard InChI is InChI=1S/C18H26N4OS.HI/c1-3-15-9-10-16(24-15)14-21-18(19-2)20-11-5-7-13-22-12-6-4-8-17(22)23;/h4,6,8-10,12H,3,5,7,11,13-14H2,1-2H3,(H2,19,20,21);1H. The number of thiophene rings is 1. The van der Waals surface area contributed by atoms with Gasteiger partial charge in [0.2, 0.25) is 5.56 Å². The van der Waals surface area contributed by atoms with Gasteiger partial charge in [-0.3, -0.25) is 9.79 Å². The molecule has 5 nitrogen and oxygen atoms in total. The molecular formula is C18H27IN4OS. The number of nitrogens with zero attached hydrogens (tertiary/aromatic N) is 2. The first kappa shape index (κ1) is 21.7. The number of hydrogen-bond donors (Lipinski definition) is 2. The second-order valence-electron chi connectivity index (χ2n) is 5.51. The fraction of sp³-hybridized carbons (Fsp3) is 0.444. The fourth-order valence-corrected chi connectivity index (χ4v) is 3.26. The maximum Gasteiger partial charge on any atom is 0.250 e. The number of aromatic nitrogens is 1. The number of halogens is 1. The van der Waals surface area contributed by atoms with Crippen molar-refractivity contribution in [2.45, 2.75) is 39.3 Å². The molecule has 0 aliphatic rings. The van der Waals surface area contributed by atoms with Gasteiger partial charge in [0.15, 0.2) is 5.96 Å². The van der Waals surface area contributed by atoms with Crippen molar-refractivity contribution in [2.75, 3.05) is 13.6 Å². The lowest BCUT2D eigenvalue weighted by atomic mass is 10.3. The molecule has 138 valence electrons. The summed E-state index contributed by atoms with van der Waals surface area (Å²) in [6.07, 6.45) is 4.86. The minimum absolute atomic E-state index is 0. The number of pyridine rings is 1. The summed E-state index contributed by atoms with van der Waals surface area (Å²) >= 11 is 1.84. The summed E-state index contributed by atoms with van der Waals surface area (Å²) < 4.78 is 1.75. The largest absolute Gasteiger partial charge is 0.356 e. The van der Waals surface area contributed by atoms with Gasteiger partial charge in [-0.05, 0) is 37.5 Å². The van der Waals surface area contributed by atoms with Gasteiger partial charge in [0.05, 0.1) is 6.54 Å². The van der Waals surface area contributed by atoms with E-state index in [-0.39, 0.29) is 29.5 Å². The zero-order chi connectivity index (χ0) is 17.2. The van der Waals surface area contributed by atoms with Crippen molar-refractivity contribution in [1.82, 2.24) is 15.2 Å². The van der Waals surface area contributed by atoms with Gasteiger partial charge in [0.1, 0.15) is 0 Å². The summed E-state index contributed by atoms with van der Waals surface area (Å²) in [4.78, 5) is 18.6. The molecule has 0 aromatic carbocycles. The Balaban J connectivity index is 0.00000312. The summed E-state index contributed by atoms with van der Waals surface area (Å²) in [5.41, 5.74) is 0.0605.